The highest BCUT2D eigenvalue weighted by Crippen LogP contribution is 2.66. The molecule has 0 saturated heterocycles. The Morgan fingerprint density at radius 3 is 2.58 bits per heavy atom. The molecular weight excluding hydrogens is 268 g/mol. The maximum atomic E-state index is 14.0. The first kappa shape index (κ1) is 13.8. The van der Waals surface area contributed by atoms with Crippen LogP contribution in [0.1, 0.15) is 6.92 Å². The van der Waals surface area contributed by atoms with Crippen molar-refractivity contribution < 1.29 is 27.5 Å². The van der Waals surface area contributed by atoms with Gasteiger partial charge in [0.25, 0.3) is 12.3 Å². The number of aliphatic carboxylic acids is 1. The van der Waals surface area contributed by atoms with Gasteiger partial charge in [0, 0.05) is 17.4 Å². The minimum atomic E-state index is -3.38. The second-order valence-electron chi connectivity index (χ2n) is 4.78. The third-order valence-corrected chi connectivity index (χ3v) is 3.66. The topological polar surface area (TPSA) is 73.2 Å². The van der Waals surface area contributed by atoms with E-state index in [1.165, 1.54) is 6.92 Å². The maximum absolute atomic E-state index is 14.0. The number of hydrogen-bond donors (Lipinski definition) is 3. The van der Waals surface area contributed by atoms with Crippen LogP contribution < -0.4 is 5.32 Å². The normalized spacial score (nSPS) is 31.4. The first-order valence-corrected chi connectivity index (χ1v) is 5.64. The SMILES string of the molecule is CC1C2C(C(=N)C(F)F)=C(NCC(=O)O)C(F)(F)C12. The number of nitrogens with one attached hydrogen (secondary N) is 2. The third kappa shape index (κ3) is 1.98. The number of carbonyl (C=O) groups is 1. The molecule has 106 valence electrons. The quantitative estimate of drug-likeness (QED) is 0.530. The van der Waals surface area contributed by atoms with Gasteiger partial charge in [-0.3, -0.25) is 10.2 Å². The Labute approximate surface area is 106 Å². The number of allylic oxidation sites excluding steroid dienone is 2. The van der Waals surface area contributed by atoms with Crippen molar-refractivity contribution in [3.8, 4) is 0 Å². The maximum Gasteiger partial charge on any atom is 0.322 e. The van der Waals surface area contributed by atoms with Crippen LogP contribution in [0.5, 0.6) is 0 Å². The second kappa shape index (κ2) is 4.21. The van der Waals surface area contributed by atoms with Crippen molar-refractivity contribution in [3.05, 3.63) is 11.3 Å². The van der Waals surface area contributed by atoms with Crippen LogP contribution in [-0.4, -0.2) is 35.7 Å². The van der Waals surface area contributed by atoms with E-state index in [0.29, 0.717) is 0 Å². The van der Waals surface area contributed by atoms with Crippen LogP contribution in [0.15, 0.2) is 11.3 Å². The van der Waals surface area contributed by atoms with Crippen LogP contribution in [0, 0.1) is 23.2 Å². The summed E-state index contributed by atoms with van der Waals surface area (Å²) < 4.78 is 53.1. The molecule has 19 heavy (non-hydrogen) atoms. The number of halogens is 4. The zero-order valence-corrected chi connectivity index (χ0v) is 9.88. The largest absolute Gasteiger partial charge is 0.480 e. The van der Waals surface area contributed by atoms with Crippen LogP contribution in [0.3, 0.4) is 0 Å². The second-order valence-corrected chi connectivity index (χ2v) is 4.78. The van der Waals surface area contributed by atoms with E-state index in [-0.39, 0.29) is 0 Å². The summed E-state index contributed by atoms with van der Waals surface area (Å²) >= 11 is 0. The summed E-state index contributed by atoms with van der Waals surface area (Å²) in [5, 5.41) is 17.7. The lowest BCUT2D eigenvalue weighted by Gasteiger charge is -2.21. The third-order valence-electron chi connectivity index (χ3n) is 3.66. The van der Waals surface area contributed by atoms with E-state index in [4.69, 9.17) is 10.5 Å². The van der Waals surface area contributed by atoms with Gasteiger partial charge in [0.2, 0.25) is 0 Å². The lowest BCUT2D eigenvalue weighted by Crippen LogP contribution is -2.35. The molecule has 2 rings (SSSR count). The molecule has 0 bridgehead atoms. The molecule has 0 aromatic carbocycles. The molecule has 3 unspecified atom stereocenters. The van der Waals surface area contributed by atoms with Crippen molar-refractivity contribution in [2.24, 2.45) is 17.8 Å². The van der Waals surface area contributed by atoms with Gasteiger partial charge >= 0.3 is 5.97 Å². The standard InChI is InChI=1S/C11H12F4N2O2/c1-3-5-6(8(16)10(12)13)9(17-2-4(18)19)11(14,15)7(3)5/h3,5,7,10,16-17H,2H2,1H3,(H,18,19). The molecule has 0 aromatic rings. The minimum absolute atomic E-state index is 0.418. The predicted octanol–water partition coefficient (Wildman–Crippen LogP) is 1.73. The lowest BCUT2D eigenvalue weighted by atomic mass is 10.0. The molecule has 1 saturated carbocycles. The molecule has 0 aromatic heterocycles. The fourth-order valence-corrected chi connectivity index (χ4v) is 2.78. The van der Waals surface area contributed by atoms with Crippen molar-refractivity contribution >= 4 is 11.7 Å². The van der Waals surface area contributed by atoms with Crippen LogP contribution >= 0.6 is 0 Å². The van der Waals surface area contributed by atoms with Crippen LogP contribution in [0.2, 0.25) is 0 Å². The number of alkyl halides is 4. The first-order chi connectivity index (χ1) is 8.69. The van der Waals surface area contributed by atoms with Crippen LogP contribution in [0.4, 0.5) is 17.6 Å². The average molecular weight is 280 g/mol. The Bertz CT molecular complexity index is 475. The van der Waals surface area contributed by atoms with Gasteiger partial charge in [-0.15, -0.1) is 0 Å². The summed E-state index contributed by atoms with van der Waals surface area (Å²) in [5.41, 5.74) is -2.39. The summed E-state index contributed by atoms with van der Waals surface area (Å²) in [4.78, 5) is 10.4. The van der Waals surface area contributed by atoms with Gasteiger partial charge in [-0.2, -0.15) is 8.78 Å². The zero-order chi connectivity index (χ0) is 14.5. The van der Waals surface area contributed by atoms with E-state index < -0.39 is 59.6 Å². The van der Waals surface area contributed by atoms with Gasteiger partial charge in [-0.1, -0.05) is 6.92 Å². The minimum Gasteiger partial charge on any atom is -0.480 e. The molecule has 0 heterocycles. The van der Waals surface area contributed by atoms with Crippen LogP contribution in [0.25, 0.3) is 0 Å². The van der Waals surface area contributed by atoms with Crippen LogP contribution in [-0.2, 0) is 4.79 Å². The molecular formula is C11H12F4N2O2. The van der Waals surface area contributed by atoms with Gasteiger partial charge in [0.15, 0.2) is 0 Å². The summed E-state index contributed by atoms with van der Waals surface area (Å²) in [5.74, 6) is -7.12. The molecule has 4 nitrogen and oxygen atoms in total. The smallest absolute Gasteiger partial charge is 0.322 e. The molecule has 3 atom stereocenters. The first-order valence-electron chi connectivity index (χ1n) is 5.64. The van der Waals surface area contributed by atoms with Gasteiger partial charge in [-0.05, 0) is 5.92 Å². The highest BCUT2D eigenvalue weighted by Gasteiger charge is 2.70. The average Bonchev–Trinajstić information content (AvgIpc) is 2.86. The number of fused-ring (bicyclic) bond motifs is 1. The number of carboxylic acids is 1. The number of rotatable bonds is 5. The van der Waals surface area contributed by atoms with E-state index in [1.54, 1.807) is 0 Å². The highest BCUT2D eigenvalue weighted by molar-refractivity contribution is 6.03. The number of hydrogen-bond acceptors (Lipinski definition) is 3. The molecule has 2 aliphatic carbocycles. The lowest BCUT2D eigenvalue weighted by molar-refractivity contribution is -0.135. The Morgan fingerprint density at radius 2 is 2.11 bits per heavy atom. The molecule has 0 radical (unpaired) electrons. The Kier molecular flexibility index (Phi) is 3.06. The molecule has 3 N–H and O–H groups in total. The van der Waals surface area contributed by atoms with Gasteiger partial charge in [-0.25, -0.2) is 8.78 Å². The highest BCUT2D eigenvalue weighted by atomic mass is 19.3. The van der Waals surface area contributed by atoms with E-state index in [9.17, 15) is 22.4 Å². The fraction of sp³-hybridized carbons (Fsp3) is 0.636. The fourth-order valence-electron chi connectivity index (χ4n) is 2.78. The van der Waals surface area contributed by atoms with Crippen molar-refractivity contribution in [1.82, 2.24) is 5.32 Å². The van der Waals surface area contributed by atoms with E-state index in [0.717, 1.165) is 0 Å². The molecule has 0 aliphatic heterocycles. The summed E-state index contributed by atoms with van der Waals surface area (Å²) in [6.07, 6.45) is -3.15. The summed E-state index contributed by atoms with van der Waals surface area (Å²) in [7, 11) is 0. The Balaban J connectivity index is 2.36. The number of carboxylic acid groups (broad SMARTS) is 1. The predicted molar refractivity (Wildman–Crippen MR) is 57.5 cm³/mol. The van der Waals surface area contributed by atoms with E-state index in [1.807, 2.05) is 5.32 Å². The molecule has 1 fully saturated rings. The monoisotopic (exact) mass is 280 g/mol. The molecule has 8 heteroatoms. The van der Waals surface area contributed by atoms with Gasteiger partial charge in [0.05, 0.1) is 5.70 Å². The molecule has 2 aliphatic rings. The van der Waals surface area contributed by atoms with Crippen molar-refractivity contribution in [2.75, 3.05) is 6.54 Å². The van der Waals surface area contributed by atoms with E-state index in [2.05, 4.69) is 0 Å². The molecule has 0 spiro atoms. The molecule has 0 amide bonds. The van der Waals surface area contributed by atoms with Gasteiger partial charge < -0.3 is 10.4 Å². The Morgan fingerprint density at radius 1 is 1.53 bits per heavy atom. The van der Waals surface area contributed by atoms with Crippen molar-refractivity contribution in [1.29, 1.82) is 5.41 Å². The summed E-state index contributed by atoms with van der Waals surface area (Å²) in [6.45, 7) is 0.717. The van der Waals surface area contributed by atoms with E-state index >= 15 is 0 Å². The van der Waals surface area contributed by atoms with Crippen molar-refractivity contribution in [3.63, 3.8) is 0 Å². The summed E-state index contributed by atoms with van der Waals surface area (Å²) in [6, 6.07) is 0. The van der Waals surface area contributed by atoms with Crippen molar-refractivity contribution in [2.45, 2.75) is 19.3 Å². The Hall–Kier alpha value is -1.60. The zero-order valence-electron chi connectivity index (χ0n) is 9.88. The van der Waals surface area contributed by atoms with Gasteiger partial charge in [0.1, 0.15) is 12.3 Å².